The van der Waals surface area contributed by atoms with Crippen molar-refractivity contribution in [1.82, 2.24) is 10.6 Å². The molecule has 0 aromatic heterocycles. The van der Waals surface area contributed by atoms with Crippen molar-refractivity contribution in [1.29, 1.82) is 0 Å². The zero-order valence-electron chi connectivity index (χ0n) is 36.2. The molecule has 56 heavy (non-hydrogen) atoms. The molecule has 0 radical (unpaired) electrons. The topological polar surface area (TPSA) is 176 Å². The summed E-state index contributed by atoms with van der Waals surface area (Å²) in [5, 5.41) is 15.2. The van der Waals surface area contributed by atoms with Crippen LogP contribution in [-0.2, 0) is 46.8 Å². The van der Waals surface area contributed by atoms with E-state index in [1.54, 1.807) is 0 Å². The lowest BCUT2D eigenvalue weighted by Crippen LogP contribution is -2.34. The molecule has 0 bridgehead atoms. The first-order valence-electron chi connectivity index (χ1n) is 21.4. The number of esters is 2. The molecule has 0 aliphatic carbocycles. The van der Waals surface area contributed by atoms with Crippen LogP contribution >= 0.6 is 7.82 Å². The zero-order valence-corrected chi connectivity index (χ0v) is 37.1. The van der Waals surface area contributed by atoms with Gasteiger partial charge < -0.3 is 25.2 Å². The summed E-state index contributed by atoms with van der Waals surface area (Å²) >= 11 is 0. The Kier molecular flexibility index (Phi) is 38.1. The SMILES string of the molecule is C=CCOP(=O)(OCCC)OCC(CCC(CCCCCCCCC)NC(C)=O)OC(C)=O.CCCCCCCCCC(CCC(CO)OC(C)=O)NC(C)=O. The first-order chi connectivity index (χ1) is 26.7. The molecular formula is C42H81N2O11P. The first kappa shape index (κ1) is 55.8. The van der Waals surface area contributed by atoms with Crippen LogP contribution < -0.4 is 10.6 Å². The molecule has 0 aliphatic rings. The number of phosphoric acid groups is 1. The van der Waals surface area contributed by atoms with Gasteiger partial charge in [0.25, 0.3) is 0 Å². The number of hydrogen-bond acceptors (Lipinski definition) is 11. The zero-order chi connectivity index (χ0) is 42.5. The van der Waals surface area contributed by atoms with Gasteiger partial charge in [-0.1, -0.05) is 117 Å². The molecule has 0 spiro atoms. The Morgan fingerprint density at radius 2 is 1.02 bits per heavy atom. The van der Waals surface area contributed by atoms with E-state index in [0.717, 1.165) is 32.1 Å². The number of aliphatic hydroxyl groups excluding tert-OH is 1. The summed E-state index contributed by atoms with van der Waals surface area (Å²) in [5.74, 6) is -0.959. The van der Waals surface area contributed by atoms with E-state index < -0.39 is 26.0 Å². The molecule has 0 aliphatic heterocycles. The van der Waals surface area contributed by atoms with Gasteiger partial charge in [-0.2, -0.15) is 0 Å². The molecule has 3 N–H and O–H groups in total. The fraction of sp³-hybridized carbons (Fsp3) is 0.857. The normalized spacial score (nSPS) is 14.2. The monoisotopic (exact) mass is 821 g/mol. The van der Waals surface area contributed by atoms with Gasteiger partial charge >= 0.3 is 19.8 Å². The van der Waals surface area contributed by atoms with Crippen LogP contribution in [0.15, 0.2) is 12.7 Å². The average Bonchev–Trinajstić information content (AvgIpc) is 3.14. The smallest absolute Gasteiger partial charge is 0.460 e. The van der Waals surface area contributed by atoms with Gasteiger partial charge in [-0.05, 0) is 44.9 Å². The van der Waals surface area contributed by atoms with E-state index in [4.69, 9.17) is 23.0 Å². The van der Waals surface area contributed by atoms with Crippen molar-refractivity contribution < 1.29 is 51.9 Å². The van der Waals surface area contributed by atoms with Crippen LogP contribution in [0.25, 0.3) is 0 Å². The number of phosphoric ester groups is 1. The highest BCUT2D eigenvalue weighted by atomic mass is 31.2. The maximum absolute atomic E-state index is 12.8. The van der Waals surface area contributed by atoms with Gasteiger partial charge in [0.15, 0.2) is 0 Å². The van der Waals surface area contributed by atoms with Gasteiger partial charge in [0.05, 0.1) is 26.4 Å². The Labute approximate surface area is 340 Å². The minimum Gasteiger partial charge on any atom is -0.460 e. The summed E-state index contributed by atoms with van der Waals surface area (Å²) < 4.78 is 39.1. The quantitative estimate of drug-likeness (QED) is 0.0238. The summed E-state index contributed by atoms with van der Waals surface area (Å²) in [7, 11) is -3.79. The Morgan fingerprint density at radius 1 is 0.589 bits per heavy atom. The van der Waals surface area contributed by atoms with Crippen molar-refractivity contribution in [2.24, 2.45) is 0 Å². The predicted octanol–water partition coefficient (Wildman–Crippen LogP) is 9.43. The fourth-order valence-corrected chi connectivity index (χ4v) is 7.36. The van der Waals surface area contributed by atoms with Crippen LogP contribution in [0.1, 0.15) is 183 Å². The molecule has 0 heterocycles. The predicted molar refractivity (Wildman–Crippen MR) is 223 cm³/mol. The minimum atomic E-state index is -3.79. The van der Waals surface area contributed by atoms with E-state index in [9.17, 15) is 28.8 Å². The number of ether oxygens (including phenoxy) is 2. The molecular weight excluding hydrogens is 739 g/mol. The number of amides is 2. The molecule has 0 saturated carbocycles. The van der Waals surface area contributed by atoms with Gasteiger partial charge in [0.1, 0.15) is 12.2 Å². The van der Waals surface area contributed by atoms with E-state index in [0.29, 0.717) is 32.1 Å². The van der Waals surface area contributed by atoms with Crippen molar-refractivity contribution in [2.75, 3.05) is 26.4 Å². The molecule has 5 atom stereocenters. The number of carbonyl (C=O) groups excluding carboxylic acids is 4. The summed E-state index contributed by atoms with van der Waals surface area (Å²) in [6, 6.07) is 0.0733. The van der Waals surface area contributed by atoms with Crippen molar-refractivity contribution in [2.45, 2.75) is 208 Å². The van der Waals surface area contributed by atoms with Crippen LogP contribution in [0.3, 0.4) is 0 Å². The Bertz CT molecular complexity index is 1060. The molecule has 0 rings (SSSR count). The number of aliphatic hydroxyl groups is 1. The third-order valence-corrected chi connectivity index (χ3v) is 10.3. The third-order valence-electron chi connectivity index (χ3n) is 8.89. The summed E-state index contributed by atoms with van der Waals surface area (Å²) in [4.78, 5) is 45.5. The fourth-order valence-electron chi connectivity index (χ4n) is 6.09. The Hall–Kier alpha value is -2.31. The number of rotatable bonds is 36. The second kappa shape index (κ2) is 38.2. The second-order valence-electron chi connectivity index (χ2n) is 14.6. The van der Waals surface area contributed by atoms with Crippen LogP contribution in [0.4, 0.5) is 0 Å². The Morgan fingerprint density at radius 3 is 1.41 bits per heavy atom. The van der Waals surface area contributed by atoms with E-state index in [1.165, 1.54) is 104 Å². The van der Waals surface area contributed by atoms with Crippen LogP contribution in [0, 0.1) is 0 Å². The lowest BCUT2D eigenvalue weighted by molar-refractivity contribution is -0.149. The first-order valence-corrected chi connectivity index (χ1v) is 22.9. The van der Waals surface area contributed by atoms with Crippen molar-refractivity contribution in [3.63, 3.8) is 0 Å². The van der Waals surface area contributed by atoms with Crippen LogP contribution in [0.5, 0.6) is 0 Å². The van der Waals surface area contributed by atoms with Crippen LogP contribution in [-0.4, -0.2) is 79.6 Å². The van der Waals surface area contributed by atoms with Crippen molar-refractivity contribution in [3.8, 4) is 0 Å². The minimum absolute atomic E-state index is 0.0161. The van der Waals surface area contributed by atoms with Crippen molar-refractivity contribution >= 4 is 31.6 Å². The Balaban J connectivity index is 0. The van der Waals surface area contributed by atoms with Gasteiger partial charge in [-0.25, -0.2) is 4.57 Å². The molecule has 330 valence electrons. The van der Waals surface area contributed by atoms with E-state index in [2.05, 4.69) is 31.1 Å². The highest BCUT2D eigenvalue weighted by Crippen LogP contribution is 2.49. The van der Waals surface area contributed by atoms with E-state index in [-0.39, 0.29) is 56.3 Å². The lowest BCUT2D eigenvalue weighted by Gasteiger charge is -2.24. The van der Waals surface area contributed by atoms with Gasteiger partial charge in [-0.3, -0.25) is 32.7 Å². The standard InChI is InChI=1S/C24H46NO7P.C18H35NO4/c1-6-9-10-11-12-13-14-15-23(25-21(4)26)16-17-24(32-22(5)27)20-31-33(28,29-18-7-2)30-19-8-3;1-4-5-6-7-8-9-10-11-17(19-15(2)21)12-13-18(14-20)23-16(3)22/h7,23-24H,2,6,8-20H2,1,3-5H3,(H,25,26);17-18,20H,4-14H2,1-3H3,(H,19,21). The molecule has 14 heteroatoms. The molecule has 0 aromatic rings. The van der Waals surface area contributed by atoms with E-state index in [1.807, 2.05) is 6.92 Å². The van der Waals surface area contributed by atoms with E-state index >= 15 is 0 Å². The molecule has 0 aromatic carbocycles. The molecule has 0 saturated heterocycles. The second-order valence-corrected chi connectivity index (χ2v) is 16.2. The summed E-state index contributed by atoms with van der Waals surface area (Å²) in [6.07, 6.45) is 22.3. The number of nitrogens with one attached hydrogen (secondary N) is 2. The summed E-state index contributed by atoms with van der Waals surface area (Å²) in [6.45, 7) is 15.5. The third kappa shape index (κ3) is 37.3. The molecule has 0 fully saturated rings. The number of hydrogen-bond donors (Lipinski definition) is 3. The van der Waals surface area contributed by atoms with Gasteiger partial charge in [-0.15, -0.1) is 6.58 Å². The van der Waals surface area contributed by atoms with Gasteiger partial charge in [0.2, 0.25) is 11.8 Å². The molecule has 5 unspecified atom stereocenters. The number of unbranched alkanes of at least 4 members (excludes halogenated alkanes) is 12. The van der Waals surface area contributed by atoms with Crippen molar-refractivity contribution in [3.05, 3.63) is 12.7 Å². The van der Waals surface area contributed by atoms with Crippen LogP contribution in [0.2, 0.25) is 0 Å². The average molecular weight is 821 g/mol. The maximum Gasteiger partial charge on any atom is 0.475 e. The lowest BCUT2D eigenvalue weighted by atomic mass is 10.0. The highest BCUT2D eigenvalue weighted by molar-refractivity contribution is 7.48. The van der Waals surface area contributed by atoms with Gasteiger partial charge in [0, 0.05) is 39.8 Å². The number of carbonyl (C=O) groups is 4. The highest BCUT2D eigenvalue weighted by Gasteiger charge is 2.29. The molecule has 2 amide bonds. The summed E-state index contributed by atoms with van der Waals surface area (Å²) in [5.41, 5.74) is 0. The molecule has 13 nitrogen and oxygen atoms in total. The largest absolute Gasteiger partial charge is 0.475 e. The maximum atomic E-state index is 12.8.